The zero-order valence-corrected chi connectivity index (χ0v) is 18.9. The van der Waals surface area contributed by atoms with Crippen molar-refractivity contribution >= 4 is 44.0 Å². The van der Waals surface area contributed by atoms with Crippen molar-refractivity contribution in [2.45, 2.75) is 19.3 Å². The van der Waals surface area contributed by atoms with Gasteiger partial charge in [0.15, 0.2) is 0 Å². The Morgan fingerprint density at radius 2 is 1.69 bits per heavy atom. The normalized spacial score (nSPS) is 12.1. The van der Waals surface area contributed by atoms with Gasteiger partial charge >= 0.3 is 0 Å². The lowest BCUT2D eigenvalue weighted by Crippen LogP contribution is -2.27. The number of benzene rings is 3. The number of aromatic hydroxyl groups is 1. The van der Waals surface area contributed by atoms with Crippen LogP contribution in [0.3, 0.4) is 0 Å². The summed E-state index contributed by atoms with van der Waals surface area (Å²) in [6, 6.07) is 21.2. The van der Waals surface area contributed by atoms with Crippen LogP contribution in [0.5, 0.6) is 5.75 Å². The molecule has 6 heteroatoms. The Morgan fingerprint density at radius 3 is 2.34 bits per heavy atom. The van der Waals surface area contributed by atoms with Crippen LogP contribution in [-0.4, -0.2) is 17.2 Å². The van der Waals surface area contributed by atoms with Gasteiger partial charge in [0.05, 0.1) is 21.1 Å². The molecule has 3 aromatic carbocycles. The smallest absolute Gasteiger partial charge is 0.247 e. The summed E-state index contributed by atoms with van der Waals surface area (Å²) in [5, 5.41) is 13.9. The van der Waals surface area contributed by atoms with E-state index in [1.807, 2.05) is 61.5 Å². The lowest BCUT2D eigenvalue weighted by Gasteiger charge is -2.17. The molecule has 1 atom stereocenters. The van der Waals surface area contributed by atoms with Gasteiger partial charge in [-0.05, 0) is 79.6 Å². The number of halogens is 2. The predicted molar refractivity (Wildman–Crippen MR) is 123 cm³/mol. The van der Waals surface area contributed by atoms with Gasteiger partial charge in [-0.2, -0.15) is 5.10 Å². The van der Waals surface area contributed by atoms with E-state index in [4.69, 9.17) is 0 Å². The van der Waals surface area contributed by atoms with Gasteiger partial charge in [0, 0.05) is 0 Å². The molecule has 0 aliphatic heterocycles. The first kappa shape index (κ1) is 21.3. The fraction of sp³-hybridized carbons (Fsp3) is 0.130. The fourth-order valence-corrected chi connectivity index (χ4v) is 4.24. The summed E-state index contributed by atoms with van der Waals surface area (Å²) in [4.78, 5) is 13.0. The number of rotatable bonds is 6. The number of nitrogens with one attached hydrogen (secondary N) is 1. The molecule has 1 amide bonds. The van der Waals surface area contributed by atoms with E-state index in [9.17, 15) is 9.90 Å². The number of hydrogen-bond donors (Lipinski definition) is 2. The molecular weight excluding hydrogens is 496 g/mol. The van der Waals surface area contributed by atoms with Crippen LogP contribution in [0.15, 0.2) is 80.8 Å². The summed E-state index contributed by atoms with van der Waals surface area (Å²) in [7, 11) is 0. The van der Waals surface area contributed by atoms with Crippen molar-refractivity contribution in [2.24, 2.45) is 5.10 Å². The average molecular weight is 516 g/mol. The van der Waals surface area contributed by atoms with Crippen LogP contribution in [0.2, 0.25) is 0 Å². The van der Waals surface area contributed by atoms with Crippen LogP contribution >= 0.6 is 31.9 Å². The summed E-state index contributed by atoms with van der Waals surface area (Å²) in [5.74, 6) is -0.408. The second kappa shape index (κ2) is 9.85. The molecule has 148 valence electrons. The molecule has 4 nitrogen and oxygen atoms in total. The Kier molecular flexibility index (Phi) is 7.23. The molecule has 0 heterocycles. The summed E-state index contributed by atoms with van der Waals surface area (Å²) in [6.07, 6.45) is 2.14. The lowest BCUT2D eigenvalue weighted by molar-refractivity contribution is -0.122. The Bertz CT molecular complexity index is 1010. The van der Waals surface area contributed by atoms with Crippen molar-refractivity contribution in [3.8, 4) is 5.75 Å². The third-order valence-electron chi connectivity index (χ3n) is 4.63. The van der Waals surface area contributed by atoms with E-state index < -0.39 is 0 Å². The van der Waals surface area contributed by atoms with Gasteiger partial charge in [-0.3, -0.25) is 4.79 Å². The van der Waals surface area contributed by atoms with Crippen LogP contribution < -0.4 is 5.43 Å². The van der Waals surface area contributed by atoms with Crippen molar-refractivity contribution in [1.29, 1.82) is 0 Å². The molecule has 0 radical (unpaired) electrons. The fourth-order valence-electron chi connectivity index (χ4n) is 3.01. The largest absolute Gasteiger partial charge is 0.506 e. The molecule has 29 heavy (non-hydrogen) atoms. The summed E-state index contributed by atoms with van der Waals surface area (Å²) in [5.41, 5.74) is 6.62. The highest BCUT2D eigenvalue weighted by Gasteiger charge is 2.21. The summed E-state index contributed by atoms with van der Waals surface area (Å²) in [6.45, 7) is 2.05. The van der Waals surface area contributed by atoms with Gasteiger partial charge in [0.1, 0.15) is 5.75 Å². The highest BCUT2D eigenvalue weighted by Crippen LogP contribution is 2.32. The van der Waals surface area contributed by atoms with Crippen LogP contribution in [0.4, 0.5) is 0 Å². The number of phenols is 1. The highest BCUT2D eigenvalue weighted by molar-refractivity contribution is 9.11. The lowest BCUT2D eigenvalue weighted by atomic mass is 9.90. The quantitative estimate of drug-likeness (QED) is 0.326. The molecule has 2 N–H and O–H groups in total. The minimum atomic E-state index is -0.354. The first-order valence-corrected chi connectivity index (χ1v) is 10.6. The van der Waals surface area contributed by atoms with Crippen molar-refractivity contribution in [2.75, 3.05) is 0 Å². The number of amides is 1. The molecule has 0 spiro atoms. The average Bonchev–Trinajstić information content (AvgIpc) is 2.72. The van der Waals surface area contributed by atoms with Crippen LogP contribution in [-0.2, 0) is 11.2 Å². The van der Waals surface area contributed by atoms with E-state index in [1.54, 1.807) is 18.3 Å². The summed E-state index contributed by atoms with van der Waals surface area (Å²) < 4.78 is 1.09. The zero-order valence-electron chi connectivity index (χ0n) is 15.8. The van der Waals surface area contributed by atoms with Crippen molar-refractivity contribution in [1.82, 2.24) is 5.43 Å². The molecular formula is C23H20Br2N2O2. The molecule has 0 bridgehead atoms. The maximum absolute atomic E-state index is 13.0. The third kappa shape index (κ3) is 5.55. The second-order valence-corrected chi connectivity index (χ2v) is 8.37. The maximum Gasteiger partial charge on any atom is 0.247 e. The number of hydrogen-bond acceptors (Lipinski definition) is 3. The molecule has 0 saturated carbocycles. The van der Waals surface area contributed by atoms with Gasteiger partial charge in [-0.15, -0.1) is 0 Å². The summed E-state index contributed by atoms with van der Waals surface area (Å²) >= 11 is 6.57. The predicted octanol–water partition coefficient (Wildman–Crippen LogP) is 5.70. The van der Waals surface area contributed by atoms with E-state index in [1.165, 1.54) is 0 Å². The number of carbonyl (C=O) groups excluding carboxylic acids is 1. The van der Waals surface area contributed by atoms with Gasteiger partial charge in [-0.25, -0.2) is 5.43 Å². The standard InChI is InChI=1S/C23H20Br2N2O2/c1-15-7-5-6-10-18(15)13-19(17-8-3-2-4-9-17)23(29)27-26-14-16-11-20(24)22(28)21(25)12-16/h2-12,14,19,28H,13H2,1H3,(H,27,29)/b26-14-/t19-/m1/s1. The van der Waals surface area contributed by atoms with Crippen LogP contribution in [0.1, 0.15) is 28.2 Å². The Balaban J connectivity index is 1.79. The van der Waals surface area contributed by atoms with Gasteiger partial charge in [0.2, 0.25) is 5.91 Å². The van der Waals surface area contributed by atoms with E-state index >= 15 is 0 Å². The Morgan fingerprint density at radius 1 is 1.07 bits per heavy atom. The minimum Gasteiger partial charge on any atom is -0.506 e. The Labute approximate surface area is 186 Å². The second-order valence-electron chi connectivity index (χ2n) is 6.66. The number of hydrazone groups is 1. The van der Waals surface area contributed by atoms with E-state index in [0.717, 1.165) is 22.3 Å². The van der Waals surface area contributed by atoms with Crippen LogP contribution in [0.25, 0.3) is 0 Å². The number of carbonyl (C=O) groups is 1. The molecule has 0 fully saturated rings. The van der Waals surface area contributed by atoms with E-state index in [2.05, 4.69) is 42.4 Å². The maximum atomic E-state index is 13.0. The van der Waals surface area contributed by atoms with Gasteiger partial charge < -0.3 is 5.11 Å². The number of nitrogens with zero attached hydrogens (tertiary/aromatic N) is 1. The van der Waals surface area contributed by atoms with E-state index in [-0.39, 0.29) is 17.6 Å². The molecule has 0 unspecified atom stereocenters. The third-order valence-corrected chi connectivity index (χ3v) is 5.84. The molecule has 3 aromatic rings. The van der Waals surface area contributed by atoms with Crippen molar-refractivity contribution < 1.29 is 9.90 Å². The number of aryl methyl sites for hydroxylation is 1. The molecule has 0 aliphatic carbocycles. The first-order chi connectivity index (χ1) is 14.0. The molecule has 0 saturated heterocycles. The zero-order chi connectivity index (χ0) is 20.8. The SMILES string of the molecule is Cc1ccccc1C[C@@H](C(=O)N/N=C\c1cc(Br)c(O)c(Br)c1)c1ccccc1. The molecule has 0 aliphatic rings. The topological polar surface area (TPSA) is 61.7 Å². The van der Waals surface area contributed by atoms with Crippen molar-refractivity contribution in [3.05, 3.63) is 97.9 Å². The van der Waals surface area contributed by atoms with E-state index in [0.29, 0.717) is 15.4 Å². The van der Waals surface area contributed by atoms with Gasteiger partial charge in [-0.1, -0.05) is 54.6 Å². The van der Waals surface area contributed by atoms with Crippen LogP contribution in [0, 0.1) is 6.92 Å². The Hall–Kier alpha value is -2.44. The highest BCUT2D eigenvalue weighted by atomic mass is 79.9. The number of phenolic OH excluding ortho intramolecular Hbond substituents is 1. The first-order valence-electron chi connectivity index (χ1n) is 9.06. The van der Waals surface area contributed by atoms with Crippen molar-refractivity contribution in [3.63, 3.8) is 0 Å². The molecule has 0 aromatic heterocycles. The minimum absolute atomic E-state index is 0.119. The van der Waals surface area contributed by atoms with Gasteiger partial charge in [0.25, 0.3) is 0 Å². The monoisotopic (exact) mass is 514 g/mol. The molecule has 3 rings (SSSR count).